The smallest absolute Gasteiger partial charge is 0.308 e. The van der Waals surface area contributed by atoms with Crippen LogP contribution in [0.1, 0.15) is 18.4 Å². The van der Waals surface area contributed by atoms with Gasteiger partial charge in [0.1, 0.15) is 6.61 Å². The second kappa shape index (κ2) is 8.60. The maximum absolute atomic E-state index is 11.8. The standard InChI is InChI=1S/C17H22O4/c1-2-14(12-15-6-4-3-5-7-15)8-9-16(18)21-17-13-19-10-11-20-17/h2-7,14,17H,1,8-13H2. The van der Waals surface area contributed by atoms with Gasteiger partial charge in [-0.05, 0) is 24.3 Å². The van der Waals surface area contributed by atoms with E-state index in [9.17, 15) is 4.79 Å². The normalized spacial score (nSPS) is 19.7. The van der Waals surface area contributed by atoms with Gasteiger partial charge in [-0.1, -0.05) is 36.4 Å². The summed E-state index contributed by atoms with van der Waals surface area (Å²) in [5.41, 5.74) is 1.25. The van der Waals surface area contributed by atoms with Crippen molar-refractivity contribution in [3.8, 4) is 0 Å². The molecule has 0 radical (unpaired) electrons. The van der Waals surface area contributed by atoms with Crippen molar-refractivity contribution in [1.29, 1.82) is 0 Å². The third kappa shape index (κ3) is 5.69. The number of carbonyl (C=O) groups excluding carboxylic acids is 1. The number of carbonyl (C=O) groups is 1. The molecule has 1 aromatic rings. The Morgan fingerprint density at radius 1 is 1.38 bits per heavy atom. The molecule has 0 spiro atoms. The van der Waals surface area contributed by atoms with Crippen LogP contribution in [0.3, 0.4) is 0 Å². The molecule has 1 aliphatic heterocycles. The molecule has 4 nitrogen and oxygen atoms in total. The molecule has 21 heavy (non-hydrogen) atoms. The predicted octanol–water partition coefficient (Wildman–Crippen LogP) is 2.73. The van der Waals surface area contributed by atoms with Crippen molar-refractivity contribution < 1.29 is 19.0 Å². The SMILES string of the molecule is C=CC(CCC(=O)OC1COCCO1)Cc1ccccc1. The van der Waals surface area contributed by atoms with Crippen LogP contribution in [0.2, 0.25) is 0 Å². The van der Waals surface area contributed by atoms with Crippen molar-refractivity contribution in [1.82, 2.24) is 0 Å². The third-order valence-electron chi connectivity index (χ3n) is 3.44. The zero-order chi connectivity index (χ0) is 14.9. The zero-order valence-electron chi connectivity index (χ0n) is 12.2. The molecule has 2 rings (SSSR count). The first-order valence-corrected chi connectivity index (χ1v) is 7.33. The molecule has 0 saturated carbocycles. The Balaban J connectivity index is 1.72. The lowest BCUT2D eigenvalue weighted by Gasteiger charge is -2.23. The van der Waals surface area contributed by atoms with Gasteiger partial charge in [-0.3, -0.25) is 4.79 Å². The Kier molecular flexibility index (Phi) is 6.44. The third-order valence-corrected chi connectivity index (χ3v) is 3.44. The Hall–Kier alpha value is -1.65. The topological polar surface area (TPSA) is 44.8 Å². The van der Waals surface area contributed by atoms with Crippen LogP contribution in [0.5, 0.6) is 0 Å². The molecule has 1 aliphatic rings. The lowest BCUT2D eigenvalue weighted by Crippen LogP contribution is -2.32. The van der Waals surface area contributed by atoms with E-state index in [0.717, 1.165) is 12.8 Å². The summed E-state index contributed by atoms with van der Waals surface area (Å²) in [6.45, 7) is 5.21. The van der Waals surface area contributed by atoms with Gasteiger partial charge >= 0.3 is 5.97 Å². The van der Waals surface area contributed by atoms with Crippen LogP contribution < -0.4 is 0 Å². The number of hydrogen-bond acceptors (Lipinski definition) is 4. The van der Waals surface area contributed by atoms with E-state index in [0.29, 0.717) is 26.2 Å². The van der Waals surface area contributed by atoms with Crippen molar-refractivity contribution in [3.63, 3.8) is 0 Å². The number of hydrogen-bond donors (Lipinski definition) is 0. The second-order valence-electron chi connectivity index (χ2n) is 5.09. The first-order valence-electron chi connectivity index (χ1n) is 7.33. The molecule has 1 saturated heterocycles. The minimum atomic E-state index is -0.553. The summed E-state index contributed by atoms with van der Waals surface area (Å²) >= 11 is 0. The van der Waals surface area contributed by atoms with Crippen LogP contribution in [-0.4, -0.2) is 32.1 Å². The highest BCUT2D eigenvalue weighted by atomic mass is 16.7. The first-order chi connectivity index (χ1) is 10.3. The lowest BCUT2D eigenvalue weighted by atomic mass is 9.95. The number of rotatable bonds is 7. The molecule has 1 fully saturated rings. The highest BCUT2D eigenvalue weighted by Gasteiger charge is 2.19. The van der Waals surface area contributed by atoms with E-state index in [1.165, 1.54) is 5.56 Å². The summed E-state index contributed by atoms with van der Waals surface area (Å²) in [5, 5.41) is 0. The molecule has 4 heteroatoms. The summed E-state index contributed by atoms with van der Waals surface area (Å²) in [5.74, 6) is 0.0221. The van der Waals surface area contributed by atoms with Crippen molar-refractivity contribution in [3.05, 3.63) is 48.6 Å². The van der Waals surface area contributed by atoms with E-state index < -0.39 is 6.29 Å². The Labute approximate surface area is 125 Å². The average molecular weight is 290 g/mol. The van der Waals surface area contributed by atoms with Crippen molar-refractivity contribution in [2.45, 2.75) is 25.6 Å². The van der Waals surface area contributed by atoms with Gasteiger partial charge < -0.3 is 14.2 Å². The Bertz CT molecular complexity index is 437. The van der Waals surface area contributed by atoms with Crippen LogP contribution in [0.15, 0.2) is 43.0 Å². The maximum Gasteiger partial charge on any atom is 0.308 e. The highest BCUT2D eigenvalue weighted by molar-refractivity contribution is 5.69. The van der Waals surface area contributed by atoms with E-state index >= 15 is 0 Å². The number of allylic oxidation sites excluding steroid dienone is 1. The van der Waals surface area contributed by atoms with E-state index in [4.69, 9.17) is 14.2 Å². The molecule has 0 bridgehead atoms. The molecule has 2 unspecified atom stereocenters. The fourth-order valence-corrected chi connectivity index (χ4v) is 2.26. The van der Waals surface area contributed by atoms with E-state index in [1.807, 2.05) is 24.3 Å². The molecular weight excluding hydrogens is 268 g/mol. The van der Waals surface area contributed by atoms with E-state index in [2.05, 4.69) is 18.7 Å². The molecule has 2 atom stereocenters. The molecule has 0 aromatic heterocycles. The van der Waals surface area contributed by atoms with Gasteiger partial charge in [0.25, 0.3) is 0 Å². The van der Waals surface area contributed by atoms with Crippen LogP contribution >= 0.6 is 0 Å². The summed E-state index contributed by atoms with van der Waals surface area (Å²) in [7, 11) is 0. The minimum Gasteiger partial charge on any atom is -0.433 e. The van der Waals surface area contributed by atoms with Crippen molar-refractivity contribution in [2.24, 2.45) is 5.92 Å². The number of esters is 1. The summed E-state index contributed by atoms with van der Waals surface area (Å²) < 4.78 is 15.7. The fraction of sp³-hybridized carbons (Fsp3) is 0.471. The van der Waals surface area contributed by atoms with Gasteiger partial charge in [0.2, 0.25) is 6.29 Å². The largest absolute Gasteiger partial charge is 0.433 e. The summed E-state index contributed by atoms with van der Waals surface area (Å²) in [4.78, 5) is 11.8. The molecule has 1 heterocycles. The van der Waals surface area contributed by atoms with Gasteiger partial charge in [0.15, 0.2) is 0 Å². The monoisotopic (exact) mass is 290 g/mol. The second-order valence-corrected chi connectivity index (χ2v) is 5.09. The Morgan fingerprint density at radius 3 is 2.86 bits per heavy atom. The predicted molar refractivity (Wildman–Crippen MR) is 79.7 cm³/mol. The molecule has 114 valence electrons. The van der Waals surface area contributed by atoms with Crippen molar-refractivity contribution >= 4 is 5.97 Å². The molecule has 0 N–H and O–H groups in total. The highest BCUT2D eigenvalue weighted by Crippen LogP contribution is 2.16. The van der Waals surface area contributed by atoms with Gasteiger partial charge in [0.05, 0.1) is 13.2 Å². The lowest BCUT2D eigenvalue weighted by molar-refractivity contribution is -0.214. The quantitative estimate of drug-likeness (QED) is 0.572. The van der Waals surface area contributed by atoms with Crippen LogP contribution in [-0.2, 0) is 25.4 Å². The zero-order valence-corrected chi connectivity index (χ0v) is 12.2. The average Bonchev–Trinajstić information content (AvgIpc) is 2.53. The number of benzene rings is 1. The summed E-state index contributed by atoms with van der Waals surface area (Å²) in [6.07, 6.45) is 3.33. The molecular formula is C17H22O4. The van der Waals surface area contributed by atoms with E-state index in [1.54, 1.807) is 0 Å². The van der Waals surface area contributed by atoms with Gasteiger partial charge in [-0.2, -0.15) is 0 Å². The van der Waals surface area contributed by atoms with Crippen molar-refractivity contribution in [2.75, 3.05) is 19.8 Å². The summed E-state index contributed by atoms with van der Waals surface area (Å²) in [6, 6.07) is 10.2. The maximum atomic E-state index is 11.8. The minimum absolute atomic E-state index is 0.245. The number of ether oxygens (including phenoxy) is 3. The Morgan fingerprint density at radius 2 is 2.19 bits per heavy atom. The molecule has 0 amide bonds. The van der Waals surface area contributed by atoms with Crippen LogP contribution in [0, 0.1) is 5.92 Å². The van der Waals surface area contributed by atoms with Gasteiger partial charge in [-0.15, -0.1) is 6.58 Å². The first kappa shape index (κ1) is 15.7. The van der Waals surface area contributed by atoms with Crippen LogP contribution in [0.25, 0.3) is 0 Å². The van der Waals surface area contributed by atoms with Crippen LogP contribution in [0.4, 0.5) is 0 Å². The molecule has 0 aliphatic carbocycles. The van der Waals surface area contributed by atoms with E-state index in [-0.39, 0.29) is 11.9 Å². The molecule has 1 aromatic carbocycles. The fourth-order valence-electron chi connectivity index (χ4n) is 2.26. The van der Waals surface area contributed by atoms with Gasteiger partial charge in [0, 0.05) is 6.42 Å². The van der Waals surface area contributed by atoms with Gasteiger partial charge in [-0.25, -0.2) is 0 Å².